The summed E-state index contributed by atoms with van der Waals surface area (Å²) < 4.78 is 16.2. The number of rotatable bonds is 20. The largest absolute Gasteiger partial charge is 0.508 e. The number of hydrogen-bond acceptors (Lipinski definition) is 6. The van der Waals surface area contributed by atoms with Crippen molar-refractivity contribution in [3.63, 3.8) is 0 Å². The summed E-state index contributed by atoms with van der Waals surface area (Å²) in [5.41, 5.74) is 0.840. The zero-order chi connectivity index (χ0) is 24.2. The maximum absolute atomic E-state index is 12.3. The molecule has 1 aromatic rings. The highest BCUT2D eigenvalue weighted by atomic mass is 16.7. The molecule has 0 heterocycles. The van der Waals surface area contributed by atoms with E-state index in [1.807, 2.05) is 0 Å². The predicted octanol–water partition coefficient (Wildman–Crippen LogP) is 6.00. The lowest BCUT2D eigenvalue weighted by Crippen LogP contribution is -2.17. The first-order chi connectivity index (χ1) is 16.1. The van der Waals surface area contributed by atoms with E-state index in [9.17, 15) is 9.90 Å². The van der Waals surface area contributed by atoms with Crippen molar-refractivity contribution in [2.75, 3.05) is 20.8 Å². The highest BCUT2D eigenvalue weighted by molar-refractivity contribution is 5.87. The van der Waals surface area contributed by atoms with E-state index >= 15 is 0 Å². The molecule has 0 spiro atoms. The van der Waals surface area contributed by atoms with Gasteiger partial charge in [0.15, 0.2) is 6.29 Å². The van der Waals surface area contributed by atoms with Crippen LogP contribution in [0, 0.1) is 0 Å². The molecular formula is C27H44O6. The lowest BCUT2D eigenvalue weighted by molar-refractivity contribution is -0.143. The Labute approximate surface area is 199 Å². The van der Waals surface area contributed by atoms with Gasteiger partial charge in [0.1, 0.15) is 11.9 Å². The number of esters is 1. The number of benzene rings is 1. The van der Waals surface area contributed by atoms with Crippen LogP contribution < -0.4 is 0 Å². The molecule has 0 aliphatic rings. The zero-order valence-corrected chi connectivity index (χ0v) is 20.5. The topological polar surface area (TPSA) is 85.2 Å². The molecule has 6 nitrogen and oxygen atoms in total. The van der Waals surface area contributed by atoms with Crippen LogP contribution in [0.2, 0.25) is 0 Å². The van der Waals surface area contributed by atoms with Crippen LogP contribution in [-0.2, 0) is 19.0 Å². The molecule has 33 heavy (non-hydrogen) atoms. The molecule has 2 N–H and O–H groups in total. The van der Waals surface area contributed by atoms with Crippen LogP contribution in [0.1, 0.15) is 89.0 Å². The lowest BCUT2D eigenvalue weighted by atomic mass is 10.0. The van der Waals surface area contributed by atoms with Crippen LogP contribution in [0.25, 0.3) is 6.08 Å². The van der Waals surface area contributed by atoms with Gasteiger partial charge in [-0.25, -0.2) is 4.79 Å². The second-order valence-electron chi connectivity index (χ2n) is 8.51. The summed E-state index contributed by atoms with van der Waals surface area (Å²) in [7, 11) is 3.35. The molecule has 0 bridgehead atoms. The second-order valence-corrected chi connectivity index (χ2v) is 8.51. The summed E-state index contributed by atoms with van der Waals surface area (Å²) in [5, 5.41) is 18.3. The van der Waals surface area contributed by atoms with Gasteiger partial charge >= 0.3 is 5.97 Å². The fraction of sp³-hybridized carbons (Fsp3) is 0.667. The smallest absolute Gasteiger partial charge is 0.331 e. The molecule has 1 aromatic carbocycles. The van der Waals surface area contributed by atoms with E-state index in [1.165, 1.54) is 25.3 Å². The molecule has 0 amide bonds. The molecule has 0 unspecified atom stereocenters. The van der Waals surface area contributed by atoms with Gasteiger partial charge in [0.05, 0.1) is 0 Å². The summed E-state index contributed by atoms with van der Waals surface area (Å²) in [5.74, 6) is -0.126. The number of ether oxygens (including phenoxy) is 3. The number of phenols is 1. The van der Waals surface area contributed by atoms with Crippen LogP contribution >= 0.6 is 0 Å². The Bertz CT molecular complexity index is 624. The molecule has 0 radical (unpaired) electrons. The monoisotopic (exact) mass is 464 g/mol. The van der Waals surface area contributed by atoms with Gasteiger partial charge in [0.2, 0.25) is 0 Å². The average molecular weight is 465 g/mol. The van der Waals surface area contributed by atoms with Gasteiger partial charge in [-0.15, -0.1) is 0 Å². The van der Waals surface area contributed by atoms with Crippen LogP contribution in [0.3, 0.4) is 0 Å². The number of carbonyl (C=O) groups excluding carboxylic acids is 1. The van der Waals surface area contributed by atoms with E-state index in [0.717, 1.165) is 69.8 Å². The Balaban J connectivity index is 2.33. The number of methoxy groups -OCH3 is 2. The first-order valence-electron chi connectivity index (χ1n) is 12.4. The maximum atomic E-state index is 12.3. The minimum atomic E-state index is -0.325. The third kappa shape index (κ3) is 15.6. The highest BCUT2D eigenvalue weighted by Gasteiger charge is 2.13. The Morgan fingerprint density at radius 2 is 1.33 bits per heavy atom. The number of aliphatic hydroxyl groups excluding tert-OH is 1. The molecule has 188 valence electrons. The average Bonchev–Trinajstić information content (AvgIpc) is 2.82. The fourth-order valence-corrected chi connectivity index (χ4v) is 3.77. The van der Waals surface area contributed by atoms with Gasteiger partial charge in [-0.2, -0.15) is 0 Å². The fourth-order valence-electron chi connectivity index (χ4n) is 3.77. The first-order valence-corrected chi connectivity index (χ1v) is 12.4. The summed E-state index contributed by atoms with van der Waals surface area (Å²) in [6, 6.07) is 6.69. The van der Waals surface area contributed by atoms with Gasteiger partial charge in [0, 0.05) is 26.9 Å². The molecule has 0 saturated heterocycles. The normalized spacial score (nSPS) is 12.5. The van der Waals surface area contributed by atoms with Crippen LogP contribution in [0.15, 0.2) is 30.3 Å². The standard InChI is InChI=1S/C27H44O6/c1-31-27(32-2)15-11-6-4-3-5-9-13-25(14-10-7-8-12-22-28)33-26(30)21-18-23-16-19-24(29)20-17-23/h16-21,25,27-29H,3-15,22H2,1-2H3/b21-18+/t25-/m1/s1. The molecule has 1 rings (SSSR count). The van der Waals surface area contributed by atoms with Crippen molar-refractivity contribution in [2.24, 2.45) is 0 Å². The molecular weight excluding hydrogens is 420 g/mol. The van der Waals surface area contributed by atoms with Gasteiger partial charge in [-0.05, 0) is 68.7 Å². The Hall–Kier alpha value is -1.89. The lowest BCUT2D eigenvalue weighted by Gasteiger charge is -2.17. The van der Waals surface area contributed by atoms with E-state index in [4.69, 9.17) is 19.3 Å². The Morgan fingerprint density at radius 3 is 1.88 bits per heavy atom. The second kappa shape index (κ2) is 19.6. The SMILES string of the molecule is COC(CCCCCCCC[C@H](CCCCCCO)OC(=O)/C=C/c1ccc(O)cc1)OC. The molecule has 6 heteroatoms. The van der Waals surface area contributed by atoms with Crippen molar-refractivity contribution in [3.8, 4) is 5.75 Å². The van der Waals surface area contributed by atoms with Gasteiger partial charge in [-0.3, -0.25) is 0 Å². The zero-order valence-electron chi connectivity index (χ0n) is 20.5. The van der Waals surface area contributed by atoms with Crippen molar-refractivity contribution in [2.45, 2.75) is 95.9 Å². The van der Waals surface area contributed by atoms with Crippen LogP contribution in [0.5, 0.6) is 5.75 Å². The Morgan fingerprint density at radius 1 is 0.818 bits per heavy atom. The Kier molecular flexibility index (Phi) is 17.3. The van der Waals surface area contributed by atoms with E-state index < -0.39 is 0 Å². The number of unbranched alkanes of at least 4 members (excludes halogenated alkanes) is 8. The summed E-state index contributed by atoms with van der Waals surface area (Å²) >= 11 is 0. The number of aromatic hydroxyl groups is 1. The van der Waals surface area contributed by atoms with E-state index in [1.54, 1.807) is 44.6 Å². The minimum absolute atomic E-state index is 0.0692. The summed E-state index contributed by atoms with van der Waals surface area (Å²) in [6.07, 6.45) is 16.4. The number of aliphatic hydroxyl groups is 1. The van der Waals surface area contributed by atoms with E-state index in [-0.39, 0.29) is 30.7 Å². The van der Waals surface area contributed by atoms with Crippen molar-refractivity contribution >= 4 is 12.0 Å². The van der Waals surface area contributed by atoms with Gasteiger partial charge in [0.25, 0.3) is 0 Å². The number of phenolic OH excluding ortho intramolecular Hbond substituents is 1. The first kappa shape index (κ1) is 29.1. The summed E-state index contributed by atoms with van der Waals surface area (Å²) in [6.45, 7) is 0.234. The van der Waals surface area contributed by atoms with Gasteiger partial charge in [-0.1, -0.05) is 50.7 Å². The number of hydrogen-bond donors (Lipinski definition) is 2. The highest BCUT2D eigenvalue weighted by Crippen LogP contribution is 2.18. The van der Waals surface area contributed by atoms with Crippen molar-refractivity contribution in [1.29, 1.82) is 0 Å². The summed E-state index contributed by atoms with van der Waals surface area (Å²) in [4.78, 5) is 12.3. The predicted molar refractivity (Wildman–Crippen MR) is 132 cm³/mol. The van der Waals surface area contributed by atoms with Crippen LogP contribution in [0.4, 0.5) is 0 Å². The van der Waals surface area contributed by atoms with E-state index in [2.05, 4.69) is 0 Å². The molecule has 0 aliphatic carbocycles. The number of carbonyl (C=O) groups is 1. The van der Waals surface area contributed by atoms with E-state index in [0.29, 0.717) is 0 Å². The minimum Gasteiger partial charge on any atom is -0.508 e. The molecule has 0 fully saturated rings. The molecule has 1 atom stereocenters. The van der Waals surface area contributed by atoms with Gasteiger partial charge < -0.3 is 24.4 Å². The van der Waals surface area contributed by atoms with Crippen LogP contribution in [-0.4, -0.2) is 49.4 Å². The maximum Gasteiger partial charge on any atom is 0.331 e. The molecule has 0 saturated carbocycles. The molecule has 0 aliphatic heterocycles. The van der Waals surface area contributed by atoms with Crippen molar-refractivity contribution in [3.05, 3.63) is 35.9 Å². The third-order valence-corrected chi connectivity index (χ3v) is 5.76. The quantitative estimate of drug-likeness (QED) is 0.107. The van der Waals surface area contributed by atoms with Crippen molar-refractivity contribution in [1.82, 2.24) is 0 Å². The molecule has 0 aromatic heterocycles. The third-order valence-electron chi connectivity index (χ3n) is 5.76. The van der Waals surface area contributed by atoms with Crippen molar-refractivity contribution < 1.29 is 29.2 Å².